The van der Waals surface area contributed by atoms with Gasteiger partial charge >= 0.3 is 0 Å². The summed E-state index contributed by atoms with van der Waals surface area (Å²) in [5.41, 5.74) is 3.41. The van der Waals surface area contributed by atoms with Crippen LogP contribution in [-0.4, -0.2) is 23.9 Å². The van der Waals surface area contributed by atoms with Gasteiger partial charge in [-0.05, 0) is 35.2 Å². The summed E-state index contributed by atoms with van der Waals surface area (Å²) in [4.78, 5) is 14.3. The van der Waals surface area contributed by atoms with Gasteiger partial charge in [0.1, 0.15) is 5.82 Å². The van der Waals surface area contributed by atoms with E-state index in [1.165, 1.54) is 23.3 Å². The molecule has 0 aromatic heterocycles. The highest BCUT2D eigenvalue weighted by atomic mass is 35.5. The molecule has 1 unspecified atom stereocenters. The molecule has 1 aliphatic heterocycles. The fourth-order valence-electron chi connectivity index (χ4n) is 2.84. The lowest BCUT2D eigenvalue weighted by molar-refractivity contribution is -0.132. The lowest BCUT2D eigenvalue weighted by Gasteiger charge is -2.29. The van der Waals surface area contributed by atoms with Gasteiger partial charge in [-0.3, -0.25) is 4.79 Å². The second-order valence-corrected chi connectivity index (χ2v) is 5.73. The molecule has 3 rings (SSSR count). The molecule has 0 spiro atoms. The SMILES string of the molecule is CN(Cc1ccc(F)cc1)C(=O)C1Cc2ccccc2CN1.Cl. The van der Waals surface area contributed by atoms with Crippen LogP contribution in [0.25, 0.3) is 0 Å². The molecule has 0 saturated carbocycles. The summed E-state index contributed by atoms with van der Waals surface area (Å²) in [6.07, 6.45) is 0.711. The molecule has 23 heavy (non-hydrogen) atoms. The summed E-state index contributed by atoms with van der Waals surface area (Å²) in [7, 11) is 1.79. The second-order valence-electron chi connectivity index (χ2n) is 5.73. The third-order valence-corrected chi connectivity index (χ3v) is 4.09. The van der Waals surface area contributed by atoms with Gasteiger partial charge in [0.2, 0.25) is 5.91 Å². The second kappa shape index (κ2) is 7.57. The van der Waals surface area contributed by atoms with Gasteiger partial charge in [-0.1, -0.05) is 36.4 Å². The summed E-state index contributed by atoms with van der Waals surface area (Å²) in [5, 5.41) is 3.30. The molecule has 0 fully saturated rings. The van der Waals surface area contributed by atoms with Crippen molar-refractivity contribution in [3.05, 3.63) is 71.0 Å². The maximum atomic E-state index is 12.9. The standard InChI is InChI=1S/C18H19FN2O.ClH/c1-21(12-13-6-8-16(19)9-7-13)18(22)17-10-14-4-2-3-5-15(14)11-20-17;/h2-9,17,20H,10-12H2,1H3;1H. The highest BCUT2D eigenvalue weighted by Crippen LogP contribution is 2.17. The van der Waals surface area contributed by atoms with E-state index in [4.69, 9.17) is 0 Å². The number of hydrogen-bond donors (Lipinski definition) is 1. The van der Waals surface area contributed by atoms with Crippen molar-refractivity contribution < 1.29 is 9.18 Å². The zero-order valence-electron chi connectivity index (χ0n) is 13.0. The first kappa shape index (κ1) is 17.4. The van der Waals surface area contributed by atoms with Gasteiger partial charge in [0.05, 0.1) is 6.04 Å². The largest absolute Gasteiger partial charge is 0.340 e. The molecule has 0 saturated heterocycles. The average molecular weight is 335 g/mol. The number of likely N-dealkylation sites (N-methyl/N-ethyl adjacent to an activating group) is 1. The van der Waals surface area contributed by atoms with E-state index in [0.29, 0.717) is 13.0 Å². The zero-order valence-corrected chi connectivity index (χ0v) is 13.8. The molecule has 1 atom stereocenters. The van der Waals surface area contributed by atoms with E-state index in [-0.39, 0.29) is 30.2 Å². The molecule has 3 nitrogen and oxygen atoms in total. The Morgan fingerprint density at radius 1 is 1.17 bits per heavy atom. The van der Waals surface area contributed by atoms with Crippen molar-refractivity contribution in [3.8, 4) is 0 Å². The topological polar surface area (TPSA) is 32.3 Å². The van der Waals surface area contributed by atoms with Crippen LogP contribution >= 0.6 is 12.4 Å². The summed E-state index contributed by atoms with van der Waals surface area (Å²) in [6, 6.07) is 14.3. The Balaban J connectivity index is 0.00000192. The van der Waals surface area contributed by atoms with Crippen LogP contribution in [-0.2, 0) is 24.3 Å². The summed E-state index contributed by atoms with van der Waals surface area (Å²) in [6.45, 7) is 1.20. The number of carbonyl (C=O) groups is 1. The normalized spacial score (nSPS) is 16.2. The van der Waals surface area contributed by atoms with Crippen molar-refractivity contribution in [3.63, 3.8) is 0 Å². The Morgan fingerprint density at radius 2 is 1.83 bits per heavy atom. The van der Waals surface area contributed by atoms with E-state index >= 15 is 0 Å². The Hall–Kier alpha value is -1.91. The molecule has 2 aromatic carbocycles. The number of halogens is 2. The number of nitrogens with zero attached hydrogens (tertiary/aromatic N) is 1. The van der Waals surface area contributed by atoms with Crippen LogP contribution in [0.1, 0.15) is 16.7 Å². The number of hydrogen-bond acceptors (Lipinski definition) is 2. The number of amides is 1. The van der Waals surface area contributed by atoms with Crippen LogP contribution in [0, 0.1) is 5.82 Å². The average Bonchev–Trinajstić information content (AvgIpc) is 2.55. The molecule has 122 valence electrons. The van der Waals surface area contributed by atoms with E-state index in [2.05, 4.69) is 17.4 Å². The molecule has 5 heteroatoms. The van der Waals surface area contributed by atoms with Crippen LogP contribution in [0.2, 0.25) is 0 Å². The molecule has 1 N–H and O–H groups in total. The number of carbonyl (C=O) groups excluding carboxylic acids is 1. The smallest absolute Gasteiger partial charge is 0.240 e. The Morgan fingerprint density at radius 3 is 2.52 bits per heavy atom. The minimum atomic E-state index is -0.261. The summed E-state index contributed by atoms with van der Waals surface area (Å²) < 4.78 is 12.9. The first-order valence-electron chi connectivity index (χ1n) is 7.43. The molecule has 1 heterocycles. The number of nitrogens with one attached hydrogen (secondary N) is 1. The highest BCUT2D eigenvalue weighted by Gasteiger charge is 2.26. The van der Waals surface area contributed by atoms with Crippen LogP contribution in [0.3, 0.4) is 0 Å². The van der Waals surface area contributed by atoms with Crippen LogP contribution < -0.4 is 5.32 Å². The number of fused-ring (bicyclic) bond motifs is 1. The quantitative estimate of drug-likeness (QED) is 0.936. The molecular formula is C18H20ClFN2O. The first-order chi connectivity index (χ1) is 10.6. The first-order valence-corrected chi connectivity index (χ1v) is 7.43. The van der Waals surface area contributed by atoms with Crippen LogP contribution in [0.4, 0.5) is 4.39 Å². The maximum Gasteiger partial charge on any atom is 0.240 e. The number of rotatable bonds is 3. The predicted molar refractivity (Wildman–Crippen MR) is 90.9 cm³/mol. The van der Waals surface area contributed by atoms with Crippen LogP contribution in [0.15, 0.2) is 48.5 Å². The van der Waals surface area contributed by atoms with Crippen LogP contribution in [0.5, 0.6) is 0 Å². The van der Waals surface area contributed by atoms with Crippen molar-refractivity contribution in [2.45, 2.75) is 25.6 Å². The Labute approximate surface area is 141 Å². The molecule has 0 bridgehead atoms. The molecule has 0 aliphatic carbocycles. The molecular weight excluding hydrogens is 315 g/mol. The Bertz CT molecular complexity index is 675. The summed E-state index contributed by atoms with van der Waals surface area (Å²) >= 11 is 0. The van der Waals surface area contributed by atoms with Gasteiger partial charge in [-0.15, -0.1) is 12.4 Å². The summed E-state index contributed by atoms with van der Waals surface area (Å²) in [5.74, 6) is -0.192. The highest BCUT2D eigenvalue weighted by molar-refractivity contribution is 5.85. The monoisotopic (exact) mass is 334 g/mol. The lowest BCUT2D eigenvalue weighted by atomic mass is 9.95. The minimum Gasteiger partial charge on any atom is -0.340 e. The molecule has 1 aliphatic rings. The van der Waals surface area contributed by atoms with Gasteiger partial charge in [0.15, 0.2) is 0 Å². The van der Waals surface area contributed by atoms with E-state index in [1.54, 1.807) is 24.1 Å². The number of benzene rings is 2. The molecule has 0 radical (unpaired) electrons. The zero-order chi connectivity index (χ0) is 15.5. The molecule has 1 amide bonds. The predicted octanol–water partition coefficient (Wildman–Crippen LogP) is 2.92. The van der Waals surface area contributed by atoms with Crippen molar-refractivity contribution in [1.29, 1.82) is 0 Å². The van der Waals surface area contributed by atoms with E-state index in [9.17, 15) is 9.18 Å². The fraction of sp³-hybridized carbons (Fsp3) is 0.278. The fourth-order valence-corrected chi connectivity index (χ4v) is 2.84. The van der Waals surface area contributed by atoms with E-state index < -0.39 is 0 Å². The third kappa shape index (κ3) is 4.09. The van der Waals surface area contributed by atoms with Gasteiger partial charge in [0.25, 0.3) is 0 Å². The lowest BCUT2D eigenvalue weighted by Crippen LogP contribution is -2.48. The van der Waals surface area contributed by atoms with Crippen molar-refractivity contribution >= 4 is 18.3 Å². The molecule has 2 aromatic rings. The third-order valence-electron chi connectivity index (χ3n) is 4.09. The van der Waals surface area contributed by atoms with Crippen molar-refractivity contribution in [2.24, 2.45) is 0 Å². The van der Waals surface area contributed by atoms with E-state index in [1.807, 2.05) is 12.1 Å². The van der Waals surface area contributed by atoms with Crippen molar-refractivity contribution in [2.75, 3.05) is 7.05 Å². The van der Waals surface area contributed by atoms with Crippen molar-refractivity contribution in [1.82, 2.24) is 10.2 Å². The van der Waals surface area contributed by atoms with Gasteiger partial charge in [-0.25, -0.2) is 4.39 Å². The Kier molecular flexibility index (Phi) is 5.74. The van der Waals surface area contributed by atoms with Gasteiger partial charge in [-0.2, -0.15) is 0 Å². The minimum absolute atomic E-state index is 0. The van der Waals surface area contributed by atoms with Gasteiger partial charge < -0.3 is 10.2 Å². The van der Waals surface area contributed by atoms with E-state index in [0.717, 1.165) is 12.1 Å². The van der Waals surface area contributed by atoms with Gasteiger partial charge in [0, 0.05) is 20.1 Å². The maximum absolute atomic E-state index is 12.9.